The van der Waals surface area contributed by atoms with Gasteiger partial charge in [0.15, 0.2) is 0 Å². The van der Waals surface area contributed by atoms with Crippen LogP contribution in [0.15, 0.2) is 52.4 Å². The van der Waals surface area contributed by atoms with Crippen LogP contribution in [0.4, 0.5) is 11.5 Å². The number of aliphatic hydroxyl groups is 1. The van der Waals surface area contributed by atoms with Crippen LogP contribution in [0.1, 0.15) is 12.8 Å². The van der Waals surface area contributed by atoms with E-state index >= 15 is 0 Å². The van der Waals surface area contributed by atoms with Crippen molar-refractivity contribution in [1.82, 2.24) is 4.98 Å². The van der Waals surface area contributed by atoms with Crippen LogP contribution in [0, 0.1) is 0 Å². The molecule has 4 nitrogen and oxygen atoms in total. The molecule has 136 valence electrons. The Kier molecular flexibility index (Phi) is 7.14. The van der Waals surface area contributed by atoms with Crippen molar-refractivity contribution >= 4 is 23.3 Å². The van der Waals surface area contributed by atoms with Gasteiger partial charge in [0.05, 0.1) is 37.8 Å². The number of fused-ring (bicyclic) bond motifs is 2. The highest BCUT2D eigenvalue weighted by molar-refractivity contribution is 7.99. The number of hydrogen-bond acceptors (Lipinski definition) is 4. The van der Waals surface area contributed by atoms with Crippen LogP contribution >= 0.6 is 11.8 Å². The first-order valence-corrected chi connectivity index (χ1v) is 9.35. The second-order valence-electron chi connectivity index (χ2n) is 6.86. The van der Waals surface area contributed by atoms with E-state index < -0.39 is 0 Å². The van der Waals surface area contributed by atoms with Crippen LogP contribution in [0.5, 0.6) is 0 Å². The Labute approximate surface area is 160 Å². The van der Waals surface area contributed by atoms with E-state index in [-0.39, 0.29) is 19.0 Å². The molecule has 0 unspecified atom stereocenters. The maximum Gasteiger partial charge on any atom is 0.147 e. The Morgan fingerprint density at radius 3 is 2.56 bits per heavy atom. The summed E-state index contributed by atoms with van der Waals surface area (Å²) in [6, 6.07) is 12.7. The molecule has 0 radical (unpaired) electrons. The van der Waals surface area contributed by atoms with E-state index in [1.165, 1.54) is 15.5 Å². The smallest absolute Gasteiger partial charge is 0.147 e. The highest BCUT2D eigenvalue weighted by atomic mass is 35.5. The van der Waals surface area contributed by atoms with Crippen LogP contribution in [-0.2, 0) is 0 Å². The van der Waals surface area contributed by atoms with Crippen molar-refractivity contribution < 1.29 is 22.0 Å². The Morgan fingerprint density at radius 2 is 1.76 bits per heavy atom. The number of hydrogen-bond donors (Lipinski definition) is 1. The summed E-state index contributed by atoms with van der Waals surface area (Å²) in [4.78, 5) is 9.51. The lowest BCUT2D eigenvalue weighted by Gasteiger charge is -2.34. The molecule has 6 heteroatoms. The molecule has 1 N–H and O–H groups in total. The standard InChI is InChI=1S/C19H26N3OS.ClH/c1-22(2,14-7-15-23)13-6-12-21-16-8-3-4-9-17(16)24-18-10-5-11-20-19(18)21;/h3-5,8-11,23H,6-7,12-15H2,1-2H3;1H/q+1;/p-1. The SMILES string of the molecule is C[N+](C)(CCCO)CCCN1c2ccccc2Sc2cccnc21.[Cl-]. The Bertz CT molecular complexity index is 650. The minimum Gasteiger partial charge on any atom is -1.00 e. The quantitative estimate of drug-likeness (QED) is 0.712. The lowest BCUT2D eigenvalue weighted by molar-refractivity contribution is -0.890. The second kappa shape index (κ2) is 8.90. The zero-order valence-corrected chi connectivity index (χ0v) is 16.4. The predicted octanol–water partition coefficient (Wildman–Crippen LogP) is 0.537. The molecule has 0 aliphatic carbocycles. The molecule has 0 fully saturated rings. The van der Waals surface area contributed by atoms with Gasteiger partial charge in [-0.05, 0) is 24.3 Å². The van der Waals surface area contributed by atoms with E-state index in [0.29, 0.717) is 0 Å². The molecule has 0 spiro atoms. The first-order chi connectivity index (χ1) is 11.6. The van der Waals surface area contributed by atoms with Gasteiger partial charge in [-0.15, -0.1) is 0 Å². The van der Waals surface area contributed by atoms with Gasteiger partial charge in [-0.3, -0.25) is 0 Å². The summed E-state index contributed by atoms with van der Waals surface area (Å²) < 4.78 is 0.944. The predicted molar refractivity (Wildman–Crippen MR) is 100.0 cm³/mol. The average Bonchev–Trinajstić information content (AvgIpc) is 2.59. The van der Waals surface area contributed by atoms with Gasteiger partial charge in [-0.25, -0.2) is 4.98 Å². The van der Waals surface area contributed by atoms with Crippen LogP contribution in [0.25, 0.3) is 0 Å². The molecule has 2 heterocycles. The van der Waals surface area contributed by atoms with E-state index in [9.17, 15) is 0 Å². The summed E-state index contributed by atoms with van der Waals surface area (Å²) in [5, 5.41) is 9.05. The molecule has 1 aromatic carbocycles. The lowest BCUT2D eigenvalue weighted by atomic mass is 10.2. The third-order valence-electron chi connectivity index (χ3n) is 4.45. The van der Waals surface area contributed by atoms with E-state index in [1.807, 2.05) is 12.3 Å². The van der Waals surface area contributed by atoms with Crippen molar-refractivity contribution in [1.29, 1.82) is 0 Å². The summed E-state index contributed by atoms with van der Waals surface area (Å²) in [5.74, 6) is 1.07. The first kappa shape index (κ1) is 20.0. The molecule has 2 aromatic rings. The van der Waals surface area contributed by atoms with E-state index in [4.69, 9.17) is 5.11 Å². The van der Waals surface area contributed by atoms with E-state index in [1.54, 1.807) is 11.8 Å². The van der Waals surface area contributed by atoms with Crippen molar-refractivity contribution in [3.8, 4) is 0 Å². The molecule has 0 bridgehead atoms. The van der Waals surface area contributed by atoms with Crippen molar-refractivity contribution in [2.75, 3.05) is 45.2 Å². The highest BCUT2D eigenvalue weighted by Crippen LogP contribution is 2.46. The number of rotatable bonds is 7. The lowest BCUT2D eigenvalue weighted by Crippen LogP contribution is -3.00. The van der Waals surface area contributed by atoms with Gasteiger partial charge < -0.3 is 26.9 Å². The zero-order valence-electron chi connectivity index (χ0n) is 14.9. The summed E-state index contributed by atoms with van der Waals surface area (Å²) in [6.45, 7) is 3.34. The zero-order chi connectivity index (χ0) is 17.0. The molecule has 0 saturated carbocycles. The normalized spacial score (nSPS) is 13.0. The number of para-hydroxylation sites is 1. The second-order valence-corrected chi connectivity index (χ2v) is 7.94. The van der Waals surface area contributed by atoms with Gasteiger partial charge in [-0.1, -0.05) is 23.9 Å². The van der Waals surface area contributed by atoms with Gasteiger partial charge in [0.2, 0.25) is 0 Å². The van der Waals surface area contributed by atoms with E-state index in [2.05, 4.69) is 54.3 Å². The minimum absolute atomic E-state index is 0. The fourth-order valence-corrected chi connectivity index (χ4v) is 4.22. The van der Waals surface area contributed by atoms with Crippen LogP contribution in [0.2, 0.25) is 0 Å². The molecule has 0 atom stereocenters. The number of aliphatic hydroxyl groups excluding tert-OH is 1. The number of quaternary nitrogens is 1. The summed E-state index contributed by atoms with van der Waals surface area (Å²) >= 11 is 1.80. The number of benzene rings is 1. The molecule has 3 rings (SSSR count). The maximum atomic E-state index is 9.05. The van der Waals surface area contributed by atoms with Crippen LogP contribution in [-0.4, -0.2) is 54.9 Å². The van der Waals surface area contributed by atoms with E-state index in [0.717, 1.165) is 42.8 Å². The number of nitrogens with zero attached hydrogens (tertiary/aromatic N) is 3. The third-order valence-corrected chi connectivity index (χ3v) is 5.55. The van der Waals surface area contributed by atoms with Gasteiger partial charge in [0.25, 0.3) is 0 Å². The number of pyridine rings is 1. The summed E-state index contributed by atoms with van der Waals surface area (Å²) in [5.41, 5.74) is 1.26. The Morgan fingerprint density at radius 1 is 1.04 bits per heavy atom. The van der Waals surface area contributed by atoms with Crippen molar-refractivity contribution in [2.45, 2.75) is 22.6 Å². The van der Waals surface area contributed by atoms with Gasteiger partial charge >= 0.3 is 0 Å². The molecule has 1 aliphatic heterocycles. The average molecular weight is 380 g/mol. The van der Waals surface area contributed by atoms with Crippen molar-refractivity contribution in [3.63, 3.8) is 0 Å². The molecule has 0 saturated heterocycles. The molecule has 25 heavy (non-hydrogen) atoms. The Balaban J connectivity index is 0.00000225. The van der Waals surface area contributed by atoms with Crippen molar-refractivity contribution in [2.24, 2.45) is 0 Å². The number of aromatic nitrogens is 1. The molecule has 1 aliphatic rings. The fraction of sp³-hybridized carbons (Fsp3) is 0.421. The minimum atomic E-state index is 0. The topological polar surface area (TPSA) is 36.4 Å². The largest absolute Gasteiger partial charge is 1.00 e. The molecule has 1 aromatic heterocycles. The van der Waals surface area contributed by atoms with Crippen molar-refractivity contribution in [3.05, 3.63) is 42.6 Å². The summed E-state index contributed by atoms with van der Waals surface area (Å²) in [7, 11) is 4.48. The third kappa shape index (κ3) is 4.88. The number of halogens is 1. The van der Waals surface area contributed by atoms with Gasteiger partial charge in [-0.2, -0.15) is 0 Å². The van der Waals surface area contributed by atoms with Gasteiger partial charge in [0.1, 0.15) is 5.82 Å². The first-order valence-electron chi connectivity index (χ1n) is 8.53. The summed E-state index contributed by atoms with van der Waals surface area (Å²) in [6.07, 6.45) is 3.83. The van der Waals surface area contributed by atoms with Crippen LogP contribution in [0.3, 0.4) is 0 Å². The fourth-order valence-electron chi connectivity index (χ4n) is 3.16. The molecular formula is C19H26ClN3OS. The Hall–Kier alpha value is -1.27. The monoisotopic (exact) mass is 379 g/mol. The maximum absolute atomic E-state index is 9.05. The molecule has 0 amide bonds. The number of anilines is 2. The highest BCUT2D eigenvalue weighted by Gasteiger charge is 2.24. The van der Waals surface area contributed by atoms with Gasteiger partial charge in [0, 0.05) is 37.1 Å². The van der Waals surface area contributed by atoms with Crippen LogP contribution < -0.4 is 17.3 Å². The molecular weight excluding hydrogens is 354 g/mol.